The molecule has 1 aromatic heterocycles. The second kappa shape index (κ2) is 9.26. The molecule has 1 aliphatic heterocycles. The van der Waals surface area contributed by atoms with E-state index in [1.54, 1.807) is 6.07 Å². The van der Waals surface area contributed by atoms with E-state index in [1.165, 1.54) is 45.2 Å². The van der Waals surface area contributed by atoms with E-state index in [-0.39, 0.29) is 23.8 Å². The summed E-state index contributed by atoms with van der Waals surface area (Å²) in [6.07, 6.45) is -2.32. The van der Waals surface area contributed by atoms with Crippen LogP contribution in [-0.4, -0.2) is 59.5 Å². The number of ether oxygens (including phenoxy) is 1. The van der Waals surface area contributed by atoms with Gasteiger partial charge in [-0.05, 0) is 28.7 Å². The van der Waals surface area contributed by atoms with E-state index in [9.17, 15) is 32.8 Å². The predicted molar refractivity (Wildman–Crippen MR) is 121 cm³/mol. The Morgan fingerprint density at radius 2 is 1.86 bits per heavy atom. The third kappa shape index (κ3) is 5.10. The molecule has 1 saturated carbocycles. The molecule has 0 spiro atoms. The number of nitrogens with zero attached hydrogens (tertiary/aromatic N) is 3. The Kier molecular flexibility index (Phi) is 7.00. The number of nitriles is 1. The lowest BCUT2D eigenvalue weighted by atomic mass is 9.85. The minimum absolute atomic E-state index is 0.0462. The number of rotatable bonds is 6. The first-order valence-corrected chi connectivity index (χ1v) is 11.4. The molecule has 0 bridgehead atoms. The van der Waals surface area contributed by atoms with Gasteiger partial charge in [0, 0.05) is 18.3 Å². The molecule has 36 heavy (non-hydrogen) atoms. The minimum atomic E-state index is -5.17. The molecule has 1 saturated heterocycles. The summed E-state index contributed by atoms with van der Waals surface area (Å²) in [6.45, 7) is 8.65. The summed E-state index contributed by atoms with van der Waals surface area (Å²) < 4.78 is 44.0. The molecule has 5 atom stereocenters. The van der Waals surface area contributed by atoms with Gasteiger partial charge in [-0.3, -0.25) is 19.4 Å². The summed E-state index contributed by atoms with van der Waals surface area (Å²) in [5, 5.41) is 14.1. The van der Waals surface area contributed by atoms with Crippen molar-refractivity contribution in [1.29, 1.82) is 5.26 Å². The van der Waals surface area contributed by atoms with Gasteiger partial charge in [0.1, 0.15) is 23.9 Å². The maximum absolute atomic E-state index is 13.5. The Labute approximate surface area is 207 Å². The van der Waals surface area contributed by atoms with Crippen LogP contribution in [0.15, 0.2) is 18.5 Å². The van der Waals surface area contributed by atoms with Crippen LogP contribution < -0.4 is 15.4 Å². The Morgan fingerprint density at radius 1 is 1.22 bits per heavy atom. The van der Waals surface area contributed by atoms with Crippen molar-refractivity contribution in [3.63, 3.8) is 0 Å². The summed E-state index contributed by atoms with van der Waals surface area (Å²) in [6, 6.07) is -0.0865. The summed E-state index contributed by atoms with van der Waals surface area (Å²) >= 11 is 0. The topological polar surface area (TPSA) is 124 Å². The van der Waals surface area contributed by atoms with Crippen molar-refractivity contribution in [3.8, 4) is 11.8 Å². The van der Waals surface area contributed by atoms with Crippen LogP contribution in [0.5, 0.6) is 5.75 Å². The highest BCUT2D eigenvalue weighted by atomic mass is 19.4. The van der Waals surface area contributed by atoms with E-state index in [0.717, 1.165) is 0 Å². The first-order chi connectivity index (χ1) is 16.5. The zero-order valence-electron chi connectivity index (χ0n) is 20.9. The van der Waals surface area contributed by atoms with Gasteiger partial charge >= 0.3 is 12.1 Å². The van der Waals surface area contributed by atoms with Gasteiger partial charge in [-0.1, -0.05) is 34.6 Å². The van der Waals surface area contributed by atoms with Crippen LogP contribution in [0.4, 0.5) is 13.2 Å². The van der Waals surface area contributed by atoms with Gasteiger partial charge in [0.05, 0.1) is 19.4 Å². The summed E-state index contributed by atoms with van der Waals surface area (Å²) in [7, 11) is 1.43. The van der Waals surface area contributed by atoms with E-state index < -0.39 is 47.4 Å². The SMILES string of the molecule is COc1cncc(C(C#N)NC(=O)[C@@H]2[C@@H]3[C@H](CN2C(=O)[C@@H](NC(=O)C(F)(F)F)C(C)(C)C)C3(C)C)c1. The lowest BCUT2D eigenvalue weighted by molar-refractivity contribution is -0.176. The van der Waals surface area contributed by atoms with Crippen LogP contribution in [0.25, 0.3) is 0 Å². The second-order valence-electron chi connectivity index (χ2n) is 10.9. The molecule has 0 aromatic carbocycles. The molecule has 2 fully saturated rings. The molecule has 196 valence electrons. The molecule has 9 nitrogen and oxygen atoms in total. The standard InChI is InChI=1S/C24H30F3N5O4/c1-22(2,3)18(31-21(35)24(25,26)27)20(34)32-11-14-16(23(14,4)5)17(32)19(33)30-15(8-28)12-7-13(36-6)10-29-9-12/h7,9-10,14-18H,11H2,1-6H3,(H,30,33)(H,31,35)/t14-,15?,16-,17-,18+/m0/s1. The third-order valence-electron chi connectivity index (χ3n) is 7.13. The van der Waals surface area contributed by atoms with Gasteiger partial charge < -0.3 is 20.3 Å². The summed E-state index contributed by atoms with van der Waals surface area (Å²) in [4.78, 5) is 43.9. The fourth-order valence-corrected chi connectivity index (χ4v) is 4.96. The van der Waals surface area contributed by atoms with Gasteiger partial charge in [-0.25, -0.2) is 0 Å². The summed E-state index contributed by atoms with van der Waals surface area (Å²) in [5.41, 5.74) is -0.967. The Morgan fingerprint density at radius 3 is 2.39 bits per heavy atom. The molecule has 1 unspecified atom stereocenters. The van der Waals surface area contributed by atoms with Crippen molar-refractivity contribution >= 4 is 17.7 Å². The van der Waals surface area contributed by atoms with Crippen molar-refractivity contribution in [2.24, 2.45) is 22.7 Å². The number of alkyl halides is 3. The van der Waals surface area contributed by atoms with Crippen molar-refractivity contribution < 1.29 is 32.3 Å². The van der Waals surface area contributed by atoms with Crippen LogP contribution in [0.2, 0.25) is 0 Å². The minimum Gasteiger partial charge on any atom is -0.495 e. The normalized spacial score (nSPS) is 24.1. The number of methoxy groups -OCH3 is 1. The second-order valence-corrected chi connectivity index (χ2v) is 10.9. The first kappa shape index (κ1) is 27.2. The molecule has 0 radical (unpaired) electrons. The van der Waals surface area contributed by atoms with E-state index >= 15 is 0 Å². The smallest absolute Gasteiger partial charge is 0.471 e. The number of carbonyl (C=O) groups excluding carboxylic acids is 3. The molecule has 3 rings (SSSR count). The van der Waals surface area contributed by atoms with Gasteiger partial charge in [0.25, 0.3) is 0 Å². The highest BCUT2D eigenvalue weighted by Crippen LogP contribution is 2.65. The average molecular weight is 510 g/mol. The van der Waals surface area contributed by atoms with Gasteiger partial charge in [-0.15, -0.1) is 0 Å². The van der Waals surface area contributed by atoms with E-state index in [2.05, 4.69) is 10.3 Å². The molecule has 1 aromatic rings. The number of hydrogen-bond acceptors (Lipinski definition) is 6. The molecular formula is C24H30F3N5O4. The number of pyridine rings is 1. The molecular weight excluding hydrogens is 479 g/mol. The van der Waals surface area contributed by atoms with E-state index in [0.29, 0.717) is 11.3 Å². The van der Waals surface area contributed by atoms with E-state index in [1.807, 2.05) is 25.2 Å². The lowest BCUT2D eigenvalue weighted by Gasteiger charge is -2.37. The quantitative estimate of drug-likeness (QED) is 0.607. The zero-order chi connectivity index (χ0) is 27.2. The predicted octanol–water partition coefficient (Wildman–Crippen LogP) is 2.35. The number of likely N-dealkylation sites (tertiary alicyclic amines) is 1. The number of piperidine rings is 1. The number of amides is 3. The molecule has 12 heteroatoms. The number of halogens is 3. The maximum atomic E-state index is 13.5. The fraction of sp³-hybridized carbons (Fsp3) is 0.625. The molecule has 1 aliphatic carbocycles. The lowest BCUT2D eigenvalue weighted by Crippen LogP contribution is -2.60. The van der Waals surface area contributed by atoms with E-state index in [4.69, 9.17) is 4.74 Å². The number of fused-ring (bicyclic) bond motifs is 1. The molecule has 2 heterocycles. The fourth-order valence-electron chi connectivity index (χ4n) is 4.96. The number of carbonyl (C=O) groups is 3. The van der Waals surface area contributed by atoms with Crippen LogP contribution in [0.1, 0.15) is 46.2 Å². The highest BCUT2D eigenvalue weighted by Gasteiger charge is 2.70. The first-order valence-electron chi connectivity index (χ1n) is 11.4. The number of aromatic nitrogens is 1. The molecule has 2 N–H and O–H groups in total. The van der Waals surface area contributed by atoms with Crippen molar-refractivity contribution in [1.82, 2.24) is 20.5 Å². The van der Waals surface area contributed by atoms with Crippen LogP contribution >= 0.6 is 0 Å². The highest BCUT2D eigenvalue weighted by molar-refractivity contribution is 5.95. The van der Waals surface area contributed by atoms with Gasteiger partial charge in [-0.2, -0.15) is 18.4 Å². The summed E-state index contributed by atoms with van der Waals surface area (Å²) in [5.74, 6) is -3.52. The van der Waals surface area contributed by atoms with Crippen molar-refractivity contribution in [3.05, 3.63) is 24.0 Å². The van der Waals surface area contributed by atoms with Crippen molar-refractivity contribution in [2.45, 2.75) is 58.9 Å². The zero-order valence-corrected chi connectivity index (χ0v) is 20.9. The Balaban J connectivity index is 1.88. The maximum Gasteiger partial charge on any atom is 0.471 e. The van der Waals surface area contributed by atoms with Crippen LogP contribution in [0.3, 0.4) is 0 Å². The van der Waals surface area contributed by atoms with Gasteiger partial charge in [0.2, 0.25) is 11.8 Å². The Hall–Kier alpha value is -3.36. The molecule has 3 amide bonds. The number of hydrogen-bond donors (Lipinski definition) is 2. The average Bonchev–Trinajstić information content (AvgIpc) is 3.11. The molecule has 2 aliphatic rings. The largest absolute Gasteiger partial charge is 0.495 e. The van der Waals surface area contributed by atoms with Crippen LogP contribution in [-0.2, 0) is 14.4 Å². The number of nitrogens with one attached hydrogen (secondary N) is 2. The third-order valence-corrected chi connectivity index (χ3v) is 7.13. The van der Waals surface area contributed by atoms with Gasteiger partial charge in [0.15, 0.2) is 0 Å². The Bertz CT molecular complexity index is 1090. The van der Waals surface area contributed by atoms with Crippen molar-refractivity contribution in [2.75, 3.05) is 13.7 Å². The monoisotopic (exact) mass is 509 g/mol. The van der Waals surface area contributed by atoms with Crippen LogP contribution in [0, 0.1) is 34.0 Å².